The lowest BCUT2D eigenvalue weighted by Crippen LogP contribution is -2.00. The van der Waals surface area contributed by atoms with Gasteiger partial charge in [-0.1, -0.05) is 16.8 Å². The average Bonchev–Trinajstić information content (AvgIpc) is 2.87. The molecule has 7 heteroatoms. The predicted octanol–water partition coefficient (Wildman–Crippen LogP) is 2.68. The summed E-state index contributed by atoms with van der Waals surface area (Å²) < 4.78 is 12.0. The Balaban J connectivity index is 2.52. The maximum atomic E-state index is 6.08. The molecule has 0 aliphatic rings. The first-order valence-electron chi connectivity index (χ1n) is 5.08. The Labute approximate surface area is 114 Å². The van der Waals surface area contributed by atoms with E-state index in [1.54, 1.807) is 37.2 Å². The molecule has 0 saturated heterocycles. The van der Waals surface area contributed by atoms with Crippen LogP contribution in [-0.2, 0) is 5.88 Å². The van der Waals surface area contributed by atoms with Crippen LogP contribution in [-0.4, -0.2) is 29.2 Å². The number of halogens is 2. The van der Waals surface area contributed by atoms with Gasteiger partial charge in [0, 0.05) is 6.07 Å². The SMILES string of the molecule is COc1cc(OC)c(-n2cc(CCl)nn2)cc1Cl. The van der Waals surface area contributed by atoms with Crippen molar-refractivity contribution in [1.29, 1.82) is 0 Å². The second kappa shape index (κ2) is 5.46. The first-order valence-corrected chi connectivity index (χ1v) is 6.00. The van der Waals surface area contributed by atoms with Gasteiger partial charge in [0.1, 0.15) is 17.2 Å². The first-order chi connectivity index (χ1) is 8.69. The van der Waals surface area contributed by atoms with Crippen molar-refractivity contribution in [3.63, 3.8) is 0 Å². The Morgan fingerprint density at radius 1 is 1.22 bits per heavy atom. The minimum absolute atomic E-state index is 0.298. The van der Waals surface area contributed by atoms with Crippen LogP contribution in [0, 0.1) is 0 Å². The Kier molecular flexibility index (Phi) is 3.93. The minimum Gasteiger partial charge on any atom is -0.495 e. The van der Waals surface area contributed by atoms with Crippen LogP contribution in [0.5, 0.6) is 11.5 Å². The van der Waals surface area contributed by atoms with E-state index in [2.05, 4.69) is 10.3 Å². The molecular weight excluding hydrogens is 277 g/mol. The zero-order valence-corrected chi connectivity index (χ0v) is 11.4. The van der Waals surface area contributed by atoms with Gasteiger partial charge >= 0.3 is 0 Å². The van der Waals surface area contributed by atoms with Crippen molar-refractivity contribution in [2.24, 2.45) is 0 Å². The summed E-state index contributed by atoms with van der Waals surface area (Å²) in [5.74, 6) is 1.42. The molecule has 18 heavy (non-hydrogen) atoms. The normalized spacial score (nSPS) is 10.4. The molecule has 0 aliphatic heterocycles. The number of hydrogen-bond donors (Lipinski definition) is 0. The summed E-state index contributed by atoms with van der Waals surface area (Å²) in [6.45, 7) is 0. The molecule has 5 nitrogen and oxygen atoms in total. The van der Waals surface area contributed by atoms with Gasteiger partial charge in [-0.3, -0.25) is 0 Å². The number of ether oxygens (including phenoxy) is 2. The van der Waals surface area contributed by atoms with Crippen molar-refractivity contribution in [2.45, 2.75) is 5.88 Å². The van der Waals surface area contributed by atoms with E-state index in [1.165, 1.54) is 0 Å². The lowest BCUT2D eigenvalue weighted by atomic mass is 10.2. The number of aromatic nitrogens is 3. The maximum Gasteiger partial charge on any atom is 0.148 e. The third-order valence-corrected chi connectivity index (χ3v) is 2.95. The number of hydrogen-bond acceptors (Lipinski definition) is 4. The molecule has 0 spiro atoms. The highest BCUT2D eigenvalue weighted by molar-refractivity contribution is 6.32. The fourth-order valence-electron chi connectivity index (χ4n) is 1.50. The number of rotatable bonds is 4. The van der Waals surface area contributed by atoms with Crippen molar-refractivity contribution in [1.82, 2.24) is 15.0 Å². The molecule has 1 heterocycles. The van der Waals surface area contributed by atoms with Crippen molar-refractivity contribution in [2.75, 3.05) is 14.2 Å². The molecule has 2 aromatic rings. The second-order valence-electron chi connectivity index (χ2n) is 3.45. The summed E-state index contributed by atoms with van der Waals surface area (Å²) >= 11 is 11.8. The molecule has 0 unspecified atom stereocenters. The summed E-state index contributed by atoms with van der Waals surface area (Å²) in [4.78, 5) is 0. The van der Waals surface area contributed by atoms with E-state index in [1.807, 2.05) is 0 Å². The zero-order valence-electron chi connectivity index (χ0n) is 9.85. The molecule has 1 aromatic carbocycles. The summed E-state index contributed by atoms with van der Waals surface area (Å²) in [6.07, 6.45) is 1.72. The average molecular weight is 288 g/mol. The van der Waals surface area contributed by atoms with Gasteiger partial charge in [-0.05, 0) is 6.07 Å². The van der Waals surface area contributed by atoms with Crippen molar-refractivity contribution >= 4 is 23.2 Å². The molecule has 0 N–H and O–H groups in total. The Hall–Kier alpha value is -1.46. The molecule has 1 aromatic heterocycles. The monoisotopic (exact) mass is 287 g/mol. The number of nitrogens with zero attached hydrogens (tertiary/aromatic N) is 3. The van der Waals surface area contributed by atoms with E-state index in [0.717, 1.165) is 0 Å². The van der Waals surface area contributed by atoms with E-state index in [4.69, 9.17) is 32.7 Å². The lowest BCUT2D eigenvalue weighted by molar-refractivity contribution is 0.392. The van der Waals surface area contributed by atoms with Crippen LogP contribution in [0.25, 0.3) is 5.69 Å². The molecule has 0 saturated carbocycles. The van der Waals surface area contributed by atoms with Crippen molar-refractivity contribution < 1.29 is 9.47 Å². The largest absolute Gasteiger partial charge is 0.495 e. The van der Waals surface area contributed by atoms with Crippen molar-refractivity contribution in [3.05, 3.63) is 29.0 Å². The van der Waals surface area contributed by atoms with Gasteiger partial charge in [0.2, 0.25) is 0 Å². The highest BCUT2D eigenvalue weighted by Crippen LogP contribution is 2.34. The molecule has 0 fully saturated rings. The van der Waals surface area contributed by atoms with Gasteiger partial charge in [0.25, 0.3) is 0 Å². The van der Waals surface area contributed by atoms with Crippen LogP contribution in [0.3, 0.4) is 0 Å². The van der Waals surface area contributed by atoms with E-state index in [9.17, 15) is 0 Å². The lowest BCUT2D eigenvalue weighted by Gasteiger charge is -2.11. The standard InChI is InChI=1S/C11H11Cl2N3O2/c1-17-10-4-11(18-2)9(3-8(10)13)16-6-7(5-12)14-15-16/h3-4,6H,5H2,1-2H3. The van der Waals surface area contributed by atoms with E-state index >= 15 is 0 Å². The van der Waals surface area contributed by atoms with Gasteiger partial charge in [-0.15, -0.1) is 16.7 Å². The summed E-state index contributed by atoms with van der Waals surface area (Å²) in [6, 6.07) is 3.39. The zero-order chi connectivity index (χ0) is 13.1. The van der Waals surface area contributed by atoms with Crippen molar-refractivity contribution in [3.8, 4) is 17.2 Å². The smallest absolute Gasteiger partial charge is 0.148 e. The third-order valence-electron chi connectivity index (χ3n) is 2.38. The summed E-state index contributed by atoms with van der Waals surface area (Å²) in [7, 11) is 3.10. The van der Waals surface area contributed by atoms with Crippen LogP contribution in [0.15, 0.2) is 18.3 Å². The summed E-state index contributed by atoms with van der Waals surface area (Å²) in [5.41, 5.74) is 1.35. The van der Waals surface area contributed by atoms with Crippen LogP contribution in [0.1, 0.15) is 5.69 Å². The highest BCUT2D eigenvalue weighted by atomic mass is 35.5. The Bertz CT molecular complexity index is 557. The fourth-order valence-corrected chi connectivity index (χ4v) is 1.86. The van der Waals surface area contributed by atoms with Crippen LogP contribution in [0.4, 0.5) is 0 Å². The number of alkyl halides is 1. The van der Waals surface area contributed by atoms with Gasteiger partial charge in [0.05, 0.1) is 37.0 Å². The van der Waals surface area contributed by atoms with Crippen LogP contribution >= 0.6 is 23.2 Å². The quantitative estimate of drug-likeness (QED) is 0.812. The third kappa shape index (κ3) is 2.37. The molecular formula is C11H11Cl2N3O2. The van der Waals surface area contributed by atoms with E-state index in [-0.39, 0.29) is 0 Å². The second-order valence-corrected chi connectivity index (χ2v) is 4.12. The predicted molar refractivity (Wildman–Crippen MR) is 69.0 cm³/mol. The molecule has 0 bridgehead atoms. The topological polar surface area (TPSA) is 49.2 Å². The van der Waals surface area contributed by atoms with Crippen LogP contribution < -0.4 is 9.47 Å². The van der Waals surface area contributed by atoms with E-state index in [0.29, 0.717) is 33.8 Å². The molecule has 0 aliphatic carbocycles. The fraction of sp³-hybridized carbons (Fsp3) is 0.273. The molecule has 0 amide bonds. The van der Waals surface area contributed by atoms with Gasteiger partial charge < -0.3 is 9.47 Å². The van der Waals surface area contributed by atoms with E-state index < -0.39 is 0 Å². The molecule has 0 atom stereocenters. The van der Waals surface area contributed by atoms with Gasteiger partial charge in [0.15, 0.2) is 0 Å². The van der Waals surface area contributed by atoms with Gasteiger partial charge in [-0.25, -0.2) is 4.68 Å². The Morgan fingerprint density at radius 2 is 1.94 bits per heavy atom. The minimum atomic E-state index is 0.298. The first kappa shape index (κ1) is 13.0. The summed E-state index contributed by atoms with van der Waals surface area (Å²) in [5, 5.41) is 8.34. The van der Waals surface area contributed by atoms with Gasteiger partial charge in [-0.2, -0.15) is 0 Å². The van der Waals surface area contributed by atoms with Crippen LogP contribution in [0.2, 0.25) is 5.02 Å². The highest BCUT2D eigenvalue weighted by Gasteiger charge is 2.13. The Morgan fingerprint density at radius 3 is 2.50 bits per heavy atom. The number of methoxy groups -OCH3 is 2. The maximum absolute atomic E-state index is 6.08. The molecule has 2 rings (SSSR count). The molecule has 96 valence electrons. The molecule has 0 radical (unpaired) electrons. The number of benzene rings is 1.